The number of hydrogen-bond acceptors (Lipinski definition) is 7. The first kappa shape index (κ1) is 23.4. The number of thiazole rings is 1. The van der Waals surface area contributed by atoms with Gasteiger partial charge in [0.15, 0.2) is 11.5 Å². The number of aromatic nitrogens is 1. The number of fused-ring (bicyclic) bond motifs is 1. The molecule has 0 fully saturated rings. The fourth-order valence-electron chi connectivity index (χ4n) is 3.82. The van der Waals surface area contributed by atoms with Gasteiger partial charge in [0.25, 0.3) is 0 Å². The summed E-state index contributed by atoms with van der Waals surface area (Å²) in [6.45, 7) is 4.48. The van der Waals surface area contributed by atoms with E-state index in [0.717, 1.165) is 26.8 Å². The van der Waals surface area contributed by atoms with Crippen LogP contribution in [0.25, 0.3) is 22.0 Å². The Hall–Kier alpha value is -3.78. The second kappa shape index (κ2) is 10.0. The second-order valence-electron chi connectivity index (χ2n) is 7.47. The van der Waals surface area contributed by atoms with Gasteiger partial charge >= 0.3 is 0 Å². The van der Waals surface area contributed by atoms with Gasteiger partial charge in [-0.3, -0.25) is 4.99 Å². The van der Waals surface area contributed by atoms with Crippen LogP contribution in [-0.4, -0.2) is 43.4 Å². The summed E-state index contributed by atoms with van der Waals surface area (Å²) in [6, 6.07) is 15.4. The van der Waals surface area contributed by atoms with Crippen molar-refractivity contribution in [3.05, 3.63) is 64.3 Å². The highest BCUT2D eigenvalue weighted by molar-refractivity contribution is 7.07. The normalized spacial score (nSPS) is 12.3. The van der Waals surface area contributed by atoms with E-state index in [1.54, 1.807) is 26.0 Å². The van der Waals surface area contributed by atoms with Crippen LogP contribution < -0.4 is 19.0 Å². The van der Waals surface area contributed by atoms with Crippen molar-refractivity contribution in [1.82, 2.24) is 4.68 Å². The Bertz CT molecular complexity index is 1410. The third-order valence-corrected chi connectivity index (χ3v) is 6.33. The number of methoxy groups -OCH3 is 3. The van der Waals surface area contributed by atoms with Crippen LogP contribution in [-0.2, 0) is 0 Å². The van der Waals surface area contributed by atoms with Gasteiger partial charge in [0.2, 0.25) is 10.6 Å². The summed E-state index contributed by atoms with van der Waals surface area (Å²) in [6.07, 6.45) is 0. The highest BCUT2D eigenvalue weighted by atomic mass is 32.1. The first-order valence-electron chi connectivity index (χ1n) is 10.8. The van der Waals surface area contributed by atoms with Crippen molar-refractivity contribution < 1.29 is 19.3 Å². The van der Waals surface area contributed by atoms with Crippen LogP contribution in [0.15, 0.2) is 64.0 Å². The smallest absolute Gasteiger partial charge is 0.206 e. The van der Waals surface area contributed by atoms with E-state index < -0.39 is 0 Å². The van der Waals surface area contributed by atoms with Gasteiger partial charge in [-0.15, -0.1) is 11.3 Å². The van der Waals surface area contributed by atoms with Crippen molar-refractivity contribution in [3.63, 3.8) is 0 Å². The average Bonchev–Trinajstić information content (AvgIpc) is 3.25. The maximum Gasteiger partial charge on any atom is 0.206 e. The molecule has 1 N–H and O–H groups in total. The predicted molar refractivity (Wildman–Crippen MR) is 137 cm³/mol. The predicted octanol–water partition coefficient (Wildman–Crippen LogP) is 5.29. The van der Waals surface area contributed by atoms with Gasteiger partial charge < -0.3 is 19.3 Å². The van der Waals surface area contributed by atoms with Crippen molar-refractivity contribution >= 4 is 27.8 Å². The first-order valence-corrected chi connectivity index (χ1v) is 11.7. The molecule has 8 heteroatoms. The van der Waals surface area contributed by atoms with Crippen LogP contribution in [0.3, 0.4) is 0 Å². The van der Waals surface area contributed by atoms with Gasteiger partial charge in [0.05, 0.1) is 32.7 Å². The molecule has 0 aliphatic heterocycles. The van der Waals surface area contributed by atoms with E-state index in [1.807, 2.05) is 67.8 Å². The quantitative estimate of drug-likeness (QED) is 0.367. The summed E-state index contributed by atoms with van der Waals surface area (Å²) in [5, 5.41) is 19.6. The van der Waals surface area contributed by atoms with E-state index in [1.165, 1.54) is 11.3 Å². The Kier molecular flexibility index (Phi) is 6.88. The fraction of sp³-hybridized carbons (Fsp3) is 0.231. The van der Waals surface area contributed by atoms with Crippen LogP contribution >= 0.6 is 11.3 Å². The number of phenols is 1. The van der Waals surface area contributed by atoms with E-state index in [9.17, 15) is 5.11 Å². The standard InChI is InChI=1S/C26H27N3O4S/c1-6-27-26-29(28-16(2)19-12-11-17-9-7-8-10-20(17)24(19)30)21(15-34-26)18-13-22(31-3)25(33-5)23(14-18)32-4/h7-15,30H,6H2,1-5H3. The highest BCUT2D eigenvalue weighted by Crippen LogP contribution is 2.41. The molecule has 0 aliphatic carbocycles. The van der Waals surface area contributed by atoms with Gasteiger partial charge in [-0.25, -0.2) is 4.68 Å². The molecule has 0 spiro atoms. The lowest BCUT2D eigenvalue weighted by atomic mass is 10.0. The number of rotatable bonds is 7. The molecular weight excluding hydrogens is 450 g/mol. The number of hydrogen-bond donors (Lipinski definition) is 1. The van der Waals surface area contributed by atoms with E-state index >= 15 is 0 Å². The number of phenolic OH excluding ortho intramolecular Hbond substituents is 1. The molecular formula is C26H27N3O4S. The Morgan fingerprint density at radius 2 is 1.71 bits per heavy atom. The van der Waals surface area contributed by atoms with E-state index in [4.69, 9.17) is 19.3 Å². The van der Waals surface area contributed by atoms with Gasteiger partial charge in [0, 0.05) is 28.4 Å². The van der Waals surface area contributed by atoms with Crippen LogP contribution in [0.2, 0.25) is 0 Å². The lowest BCUT2D eigenvalue weighted by Crippen LogP contribution is -2.14. The molecule has 1 aromatic heterocycles. The monoisotopic (exact) mass is 477 g/mol. The topological polar surface area (TPSA) is 77.6 Å². The molecule has 0 amide bonds. The molecule has 3 aromatic carbocycles. The van der Waals surface area contributed by atoms with Crippen LogP contribution in [0, 0.1) is 0 Å². The minimum Gasteiger partial charge on any atom is -0.507 e. The minimum atomic E-state index is 0.207. The van der Waals surface area contributed by atoms with Crippen molar-refractivity contribution in [1.29, 1.82) is 0 Å². The van der Waals surface area contributed by atoms with Gasteiger partial charge in [0.1, 0.15) is 5.75 Å². The molecule has 0 bridgehead atoms. The fourth-order valence-corrected chi connectivity index (χ4v) is 4.71. The number of nitrogens with zero attached hydrogens (tertiary/aromatic N) is 3. The Balaban J connectivity index is 1.91. The van der Waals surface area contributed by atoms with Gasteiger partial charge in [-0.05, 0) is 37.4 Å². The van der Waals surface area contributed by atoms with E-state index in [-0.39, 0.29) is 5.75 Å². The third-order valence-electron chi connectivity index (χ3n) is 5.48. The maximum atomic E-state index is 10.9. The Labute approximate surface area is 202 Å². The first-order chi connectivity index (χ1) is 16.5. The molecule has 0 saturated carbocycles. The van der Waals surface area contributed by atoms with Crippen LogP contribution in [0.5, 0.6) is 23.0 Å². The largest absolute Gasteiger partial charge is 0.507 e. The zero-order valence-electron chi connectivity index (χ0n) is 19.8. The van der Waals surface area contributed by atoms with Crippen molar-refractivity contribution in [2.75, 3.05) is 27.9 Å². The summed E-state index contributed by atoms with van der Waals surface area (Å²) in [5.41, 5.74) is 2.97. The number of benzene rings is 3. The van der Waals surface area contributed by atoms with Gasteiger partial charge in [-0.2, -0.15) is 5.10 Å². The zero-order valence-corrected chi connectivity index (χ0v) is 20.6. The number of ether oxygens (including phenoxy) is 3. The van der Waals surface area contributed by atoms with Crippen molar-refractivity contribution in [2.45, 2.75) is 13.8 Å². The Morgan fingerprint density at radius 3 is 2.35 bits per heavy atom. The summed E-state index contributed by atoms with van der Waals surface area (Å²) in [5.74, 6) is 1.83. The third kappa shape index (κ3) is 4.24. The summed E-state index contributed by atoms with van der Waals surface area (Å²) >= 11 is 1.49. The molecule has 4 rings (SSSR count). The lowest BCUT2D eigenvalue weighted by molar-refractivity contribution is 0.324. The molecule has 0 unspecified atom stereocenters. The van der Waals surface area contributed by atoms with E-state index in [2.05, 4.69) is 4.99 Å². The zero-order chi connectivity index (χ0) is 24.2. The maximum absolute atomic E-state index is 10.9. The lowest BCUT2D eigenvalue weighted by Gasteiger charge is -2.14. The van der Waals surface area contributed by atoms with E-state index in [0.29, 0.717) is 35.1 Å². The molecule has 4 aromatic rings. The van der Waals surface area contributed by atoms with Crippen LogP contribution in [0.1, 0.15) is 19.4 Å². The molecule has 0 radical (unpaired) electrons. The van der Waals surface area contributed by atoms with Gasteiger partial charge in [-0.1, -0.05) is 30.3 Å². The molecule has 0 atom stereocenters. The highest BCUT2D eigenvalue weighted by Gasteiger charge is 2.18. The Morgan fingerprint density at radius 1 is 1.00 bits per heavy atom. The average molecular weight is 478 g/mol. The van der Waals surface area contributed by atoms with Crippen LogP contribution in [0.4, 0.5) is 0 Å². The SMILES string of the molecule is CCN=c1scc(-c2cc(OC)c(OC)c(OC)c2)n1N=C(C)c1ccc2ccccc2c1O. The van der Waals surface area contributed by atoms with Crippen molar-refractivity contribution in [2.24, 2.45) is 10.1 Å². The summed E-state index contributed by atoms with van der Waals surface area (Å²) in [4.78, 5) is 5.36. The molecule has 7 nitrogen and oxygen atoms in total. The molecule has 0 saturated heterocycles. The van der Waals surface area contributed by atoms with Crippen molar-refractivity contribution in [3.8, 4) is 34.3 Å². The summed E-state index contributed by atoms with van der Waals surface area (Å²) in [7, 11) is 4.75. The molecule has 0 aliphatic rings. The second-order valence-corrected chi connectivity index (χ2v) is 8.31. The number of aromatic hydroxyl groups is 1. The minimum absolute atomic E-state index is 0.207. The molecule has 1 heterocycles. The molecule has 176 valence electrons. The summed E-state index contributed by atoms with van der Waals surface area (Å²) < 4.78 is 18.3. The molecule has 34 heavy (non-hydrogen) atoms.